The van der Waals surface area contributed by atoms with Crippen LogP contribution in [0, 0.1) is 18.7 Å². The Labute approximate surface area is 122 Å². The zero-order valence-corrected chi connectivity index (χ0v) is 12.1. The molecular weight excluding hydrogens is 280 g/mol. The molecule has 0 spiro atoms. The maximum absolute atomic E-state index is 13.3. The van der Waals surface area contributed by atoms with Gasteiger partial charge in [0.15, 0.2) is 0 Å². The molecule has 2 rings (SSSR count). The van der Waals surface area contributed by atoms with Gasteiger partial charge in [-0.25, -0.2) is 4.39 Å². The summed E-state index contributed by atoms with van der Waals surface area (Å²) in [4.78, 5) is 0. The van der Waals surface area contributed by atoms with Crippen LogP contribution in [0.2, 0.25) is 0 Å². The number of aryl methyl sites for hydroxylation is 1. The normalized spacial score (nSPS) is 23.7. The maximum atomic E-state index is 13.3. The van der Waals surface area contributed by atoms with Gasteiger partial charge in [-0.2, -0.15) is 13.2 Å². The molecule has 0 aromatic heterocycles. The molecule has 4 heteroatoms. The molecule has 0 N–H and O–H groups in total. The Kier molecular flexibility index (Phi) is 5.07. The molecular formula is C17H20F4. The van der Waals surface area contributed by atoms with Gasteiger partial charge in [-0.1, -0.05) is 18.2 Å². The van der Waals surface area contributed by atoms with Gasteiger partial charge in [0.25, 0.3) is 0 Å². The van der Waals surface area contributed by atoms with Crippen molar-refractivity contribution in [2.24, 2.45) is 5.92 Å². The van der Waals surface area contributed by atoms with Gasteiger partial charge in [-0.15, -0.1) is 0 Å². The van der Waals surface area contributed by atoms with E-state index in [2.05, 4.69) is 0 Å². The fraction of sp³-hybridized carbons (Fsp3) is 0.529. The van der Waals surface area contributed by atoms with Gasteiger partial charge in [-0.3, -0.25) is 0 Å². The third-order valence-corrected chi connectivity index (χ3v) is 4.21. The molecule has 21 heavy (non-hydrogen) atoms. The van der Waals surface area contributed by atoms with Gasteiger partial charge in [-0.05, 0) is 67.7 Å². The van der Waals surface area contributed by atoms with Crippen LogP contribution in [0.4, 0.5) is 17.6 Å². The van der Waals surface area contributed by atoms with E-state index in [-0.39, 0.29) is 11.7 Å². The molecule has 0 heterocycles. The Morgan fingerprint density at radius 2 is 1.81 bits per heavy atom. The van der Waals surface area contributed by atoms with E-state index in [9.17, 15) is 17.6 Å². The van der Waals surface area contributed by atoms with Gasteiger partial charge >= 0.3 is 6.18 Å². The Morgan fingerprint density at radius 3 is 2.43 bits per heavy atom. The molecule has 1 aliphatic rings. The molecule has 1 saturated carbocycles. The summed E-state index contributed by atoms with van der Waals surface area (Å²) in [5.41, 5.74) is 2.14. The van der Waals surface area contributed by atoms with Crippen LogP contribution in [0.1, 0.15) is 49.1 Å². The zero-order valence-electron chi connectivity index (χ0n) is 12.1. The maximum Gasteiger partial charge on any atom is 0.392 e. The number of benzene rings is 1. The lowest BCUT2D eigenvalue weighted by atomic mass is 9.77. The standard InChI is InChI=1S/C17H20F4/c1-12-4-9-15(18)11-16(12)14-7-5-13(6-8-14)3-2-10-17(19,20)21/h2-4,9,11,13-14H,5-8,10H2,1H3. The minimum absolute atomic E-state index is 0.220. The van der Waals surface area contributed by atoms with Crippen molar-refractivity contribution < 1.29 is 17.6 Å². The second kappa shape index (κ2) is 6.63. The third kappa shape index (κ3) is 4.87. The number of hydrogen-bond acceptors (Lipinski definition) is 0. The van der Waals surface area contributed by atoms with Crippen LogP contribution >= 0.6 is 0 Å². The molecule has 1 aromatic rings. The minimum Gasteiger partial charge on any atom is -0.207 e. The molecule has 0 nitrogen and oxygen atoms in total. The van der Waals surface area contributed by atoms with E-state index in [1.165, 1.54) is 12.1 Å². The number of allylic oxidation sites excluding steroid dienone is 2. The molecule has 1 aliphatic carbocycles. The summed E-state index contributed by atoms with van der Waals surface area (Å²) in [7, 11) is 0. The minimum atomic E-state index is -4.12. The van der Waals surface area contributed by atoms with E-state index >= 15 is 0 Å². The first-order valence-electron chi connectivity index (χ1n) is 7.34. The van der Waals surface area contributed by atoms with Gasteiger partial charge in [0.1, 0.15) is 5.82 Å². The average Bonchev–Trinajstić information content (AvgIpc) is 2.41. The number of hydrogen-bond donors (Lipinski definition) is 0. The summed E-state index contributed by atoms with van der Waals surface area (Å²) in [5, 5.41) is 0. The van der Waals surface area contributed by atoms with E-state index < -0.39 is 12.6 Å². The lowest BCUT2D eigenvalue weighted by Gasteiger charge is -2.28. The van der Waals surface area contributed by atoms with Gasteiger partial charge < -0.3 is 0 Å². The molecule has 1 aromatic carbocycles. The first-order valence-corrected chi connectivity index (χ1v) is 7.34. The van der Waals surface area contributed by atoms with E-state index in [0.29, 0.717) is 5.92 Å². The van der Waals surface area contributed by atoms with Crippen molar-refractivity contribution in [3.05, 3.63) is 47.3 Å². The Bertz CT molecular complexity index is 494. The highest BCUT2D eigenvalue weighted by Crippen LogP contribution is 2.38. The summed E-state index contributed by atoms with van der Waals surface area (Å²) < 4.78 is 49.6. The summed E-state index contributed by atoms with van der Waals surface area (Å²) in [6.45, 7) is 1.98. The SMILES string of the molecule is Cc1ccc(F)cc1C1CCC(C=CCC(F)(F)F)CC1. The summed E-state index contributed by atoms with van der Waals surface area (Å²) in [6, 6.07) is 4.85. The van der Waals surface area contributed by atoms with Crippen molar-refractivity contribution in [1.29, 1.82) is 0 Å². The van der Waals surface area contributed by atoms with Gasteiger partial charge in [0, 0.05) is 0 Å². The van der Waals surface area contributed by atoms with Crippen LogP contribution in [-0.2, 0) is 0 Å². The summed E-state index contributed by atoms with van der Waals surface area (Å²) in [5.74, 6) is 0.327. The number of rotatable bonds is 3. The van der Waals surface area contributed by atoms with Gasteiger partial charge in [0.2, 0.25) is 0 Å². The third-order valence-electron chi connectivity index (χ3n) is 4.21. The van der Waals surface area contributed by atoms with Crippen molar-refractivity contribution in [3.8, 4) is 0 Å². The second-order valence-electron chi connectivity index (χ2n) is 5.86. The van der Waals surface area contributed by atoms with Crippen molar-refractivity contribution in [2.45, 2.75) is 51.1 Å². The Hall–Kier alpha value is -1.32. The Morgan fingerprint density at radius 1 is 1.14 bits per heavy atom. The monoisotopic (exact) mass is 300 g/mol. The largest absolute Gasteiger partial charge is 0.392 e. The van der Waals surface area contributed by atoms with Crippen LogP contribution in [0.3, 0.4) is 0 Å². The van der Waals surface area contributed by atoms with Crippen molar-refractivity contribution in [2.75, 3.05) is 0 Å². The summed E-state index contributed by atoms with van der Waals surface area (Å²) >= 11 is 0. The second-order valence-corrected chi connectivity index (χ2v) is 5.86. The van der Waals surface area contributed by atoms with Crippen molar-refractivity contribution >= 4 is 0 Å². The van der Waals surface area contributed by atoms with E-state index in [4.69, 9.17) is 0 Å². The van der Waals surface area contributed by atoms with Crippen LogP contribution in [0.5, 0.6) is 0 Å². The predicted molar refractivity (Wildman–Crippen MR) is 75.6 cm³/mol. The predicted octanol–water partition coefficient (Wildman–Crippen LogP) is 5.92. The average molecular weight is 300 g/mol. The van der Waals surface area contributed by atoms with E-state index in [0.717, 1.165) is 36.8 Å². The summed E-state index contributed by atoms with van der Waals surface area (Å²) in [6.07, 6.45) is 1.52. The highest BCUT2D eigenvalue weighted by molar-refractivity contribution is 5.30. The molecule has 0 aliphatic heterocycles. The van der Waals surface area contributed by atoms with Crippen LogP contribution in [0.25, 0.3) is 0 Å². The van der Waals surface area contributed by atoms with Gasteiger partial charge in [0.05, 0.1) is 6.42 Å². The molecule has 0 radical (unpaired) electrons. The molecule has 0 atom stereocenters. The first kappa shape index (κ1) is 16.1. The first-order chi connectivity index (χ1) is 9.85. The molecule has 0 saturated heterocycles. The van der Waals surface area contributed by atoms with E-state index in [1.54, 1.807) is 18.2 Å². The van der Waals surface area contributed by atoms with Crippen LogP contribution in [0.15, 0.2) is 30.4 Å². The lowest BCUT2D eigenvalue weighted by molar-refractivity contribution is -0.125. The highest BCUT2D eigenvalue weighted by atomic mass is 19.4. The lowest BCUT2D eigenvalue weighted by Crippen LogP contribution is -2.13. The smallest absolute Gasteiger partial charge is 0.207 e. The fourth-order valence-electron chi connectivity index (χ4n) is 3.07. The number of halogens is 4. The topological polar surface area (TPSA) is 0 Å². The molecule has 0 amide bonds. The molecule has 0 unspecified atom stereocenters. The molecule has 1 fully saturated rings. The molecule has 116 valence electrons. The highest BCUT2D eigenvalue weighted by Gasteiger charge is 2.26. The van der Waals surface area contributed by atoms with Crippen LogP contribution in [-0.4, -0.2) is 6.18 Å². The quantitative estimate of drug-likeness (QED) is 0.480. The fourth-order valence-corrected chi connectivity index (χ4v) is 3.07. The molecule has 0 bridgehead atoms. The van der Waals surface area contributed by atoms with Crippen molar-refractivity contribution in [1.82, 2.24) is 0 Å². The van der Waals surface area contributed by atoms with Crippen LogP contribution < -0.4 is 0 Å². The zero-order chi connectivity index (χ0) is 15.5. The van der Waals surface area contributed by atoms with Crippen molar-refractivity contribution in [3.63, 3.8) is 0 Å². The van der Waals surface area contributed by atoms with E-state index in [1.807, 2.05) is 6.92 Å². The Balaban J connectivity index is 1.90. The number of alkyl halides is 3.